The number of carbonyl (C=O) groups excluding carboxylic acids is 1. The Bertz CT molecular complexity index is 406. The van der Waals surface area contributed by atoms with Crippen LogP contribution in [-0.2, 0) is 4.79 Å². The Labute approximate surface area is 113 Å². The third-order valence-electron chi connectivity index (χ3n) is 2.11. The van der Waals surface area contributed by atoms with Crippen LogP contribution in [0.5, 0.6) is 0 Å². The molecular formula is C11H13IN2O3. The van der Waals surface area contributed by atoms with Crippen LogP contribution in [0.15, 0.2) is 24.3 Å². The van der Waals surface area contributed by atoms with Crippen LogP contribution in [0.1, 0.15) is 13.3 Å². The number of carboxylic acids is 1. The molecule has 0 fully saturated rings. The van der Waals surface area contributed by atoms with Gasteiger partial charge in [-0.15, -0.1) is 0 Å². The SMILES string of the molecule is CCC(NC(=O)Nc1ccc(I)cc1)C(=O)O. The number of urea groups is 1. The molecule has 17 heavy (non-hydrogen) atoms. The first-order chi connectivity index (χ1) is 8.02. The van der Waals surface area contributed by atoms with Crippen molar-refractivity contribution in [3.05, 3.63) is 27.8 Å². The summed E-state index contributed by atoms with van der Waals surface area (Å²) in [5.74, 6) is -1.04. The van der Waals surface area contributed by atoms with Crippen LogP contribution in [0.25, 0.3) is 0 Å². The molecule has 1 aromatic carbocycles. The number of carbonyl (C=O) groups is 2. The summed E-state index contributed by atoms with van der Waals surface area (Å²) in [7, 11) is 0. The molecule has 0 aliphatic rings. The lowest BCUT2D eigenvalue weighted by molar-refractivity contribution is -0.139. The van der Waals surface area contributed by atoms with E-state index in [1.54, 1.807) is 19.1 Å². The summed E-state index contributed by atoms with van der Waals surface area (Å²) in [4.78, 5) is 22.2. The number of benzene rings is 1. The van der Waals surface area contributed by atoms with Gasteiger partial charge in [0.25, 0.3) is 0 Å². The molecule has 92 valence electrons. The van der Waals surface area contributed by atoms with Crippen LogP contribution in [0.2, 0.25) is 0 Å². The van der Waals surface area contributed by atoms with Gasteiger partial charge in [0.15, 0.2) is 0 Å². The van der Waals surface area contributed by atoms with E-state index in [0.717, 1.165) is 3.57 Å². The molecule has 0 saturated heterocycles. The topological polar surface area (TPSA) is 78.4 Å². The van der Waals surface area contributed by atoms with Crippen molar-refractivity contribution in [3.63, 3.8) is 0 Å². The van der Waals surface area contributed by atoms with Crippen LogP contribution < -0.4 is 10.6 Å². The molecule has 0 spiro atoms. The third-order valence-corrected chi connectivity index (χ3v) is 2.83. The van der Waals surface area contributed by atoms with E-state index in [1.165, 1.54) is 0 Å². The second-order valence-electron chi connectivity index (χ2n) is 3.40. The fourth-order valence-corrected chi connectivity index (χ4v) is 1.56. The predicted molar refractivity (Wildman–Crippen MR) is 73.0 cm³/mol. The number of hydrogen-bond acceptors (Lipinski definition) is 2. The Morgan fingerprint density at radius 3 is 2.41 bits per heavy atom. The second-order valence-corrected chi connectivity index (χ2v) is 4.65. The summed E-state index contributed by atoms with van der Waals surface area (Å²) in [6.07, 6.45) is 0.343. The first-order valence-electron chi connectivity index (χ1n) is 5.08. The maximum atomic E-state index is 11.5. The van der Waals surface area contributed by atoms with E-state index >= 15 is 0 Å². The molecule has 0 radical (unpaired) electrons. The van der Waals surface area contributed by atoms with Crippen molar-refractivity contribution >= 4 is 40.3 Å². The second kappa shape index (κ2) is 6.43. The van der Waals surface area contributed by atoms with E-state index in [0.29, 0.717) is 12.1 Å². The number of halogens is 1. The zero-order valence-corrected chi connectivity index (χ0v) is 11.4. The van der Waals surface area contributed by atoms with Crippen molar-refractivity contribution in [1.82, 2.24) is 5.32 Å². The van der Waals surface area contributed by atoms with Crippen molar-refractivity contribution < 1.29 is 14.7 Å². The molecule has 1 aromatic rings. The molecule has 3 N–H and O–H groups in total. The minimum Gasteiger partial charge on any atom is -0.480 e. The molecule has 0 aromatic heterocycles. The van der Waals surface area contributed by atoms with Gasteiger partial charge in [-0.1, -0.05) is 6.92 Å². The maximum Gasteiger partial charge on any atom is 0.326 e. The average molecular weight is 348 g/mol. The summed E-state index contributed by atoms with van der Waals surface area (Å²) in [6, 6.07) is 5.83. The molecule has 0 saturated carbocycles. The van der Waals surface area contributed by atoms with E-state index in [1.807, 2.05) is 12.1 Å². The van der Waals surface area contributed by atoms with Crippen molar-refractivity contribution in [2.24, 2.45) is 0 Å². The predicted octanol–water partition coefficient (Wildman–Crippen LogP) is 2.28. The van der Waals surface area contributed by atoms with Crippen molar-refractivity contribution in [3.8, 4) is 0 Å². The molecule has 1 unspecified atom stereocenters. The summed E-state index contributed by atoms with van der Waals surface area (Å²) in [5.41, 5.74) is 0.628. The third kappa shape index (κ3) is 4.59. The monoisotopic (exact) mass is 348 g/mol. The Balaban J connectivity index is 2.54. The van der Waals surface area contributed by atoms with Gasteiger partial charge in [-0.2, -0.15) is 0 Å². The van der Waals surface area contributed by atoms with Gasteiger partial charge in [0, 0.05) is 9.26 Å². The Morgan fingerprint density at radius 2 is 1.94 bits per heavy atom. The Kier molecular flexibility index (Phi) is 5.20. The van der Waals surface area contributed by atoms with Gasteiger partial charge in [-0.3, -0.25) is 0 Å². The van der Waals surface area contributed by atoms with E-state index in [2.05, 4.69) is 33.2 Å². The number of nitrogens with one attached hydrogen (secondary N) is 2. The molecule has 0 aliphatic carbocycles. The first-order valence-corrected chi connectivity index (χ1v) is 6.16. The smallest absolute Gasteiger partial charge is 0.326 e. The molecule has 1 rings (SSSR count). The fourth-order valence-electron chi connectivity index (χ4n) is 1.20. The van der Waals surface area contributed by atoms with Crippen molar-refractivity contribution in [2.75, 3.05) is 5.32 Å². The average Bonchev–Trinajstić information content (AvgIpc) is 2.28. The molecule has 0 heterocycles. The van der Waals surface area contributed by atoms with E-state index in [-0.39, 0.29) is 0 Å². The highest BCUT2D eigenvalue weighted by atomic mass is 127. The zero-order chi connectivity index (χ0) is 12.8. The Morgan fingerprint density at radius 1 is 1.35 bits per heavy atom. The fraction of sp³-hybridized carbons (Fsp3) is 0.273. The summed E-state index contributed by atoms with van der Waals surface area (Å²) < 4.78 is 1.06. The van der Waals surface area contributed by atoms with Crippen LogP contribution >= 0.6 is 22.6 Å². The van der Waals surface area contributed by atoms with Crippen LogP contribution in [-0.4, -0.2) is 23.1 Å². The van der Waals surface area contributed by atoms with E-state index < -0.39 is 18.0 Å². The van der Waals surface area contributed by atoms with Gasteiger partial charge in [0.05, 0.1) is 0 Å². The van der Waals surface area contributed by atoms with Gasteiger partial charge >= 0.3 is 12.0 Å². The van der Waals surface area contributed by atoms with Crippen LogP contribution in [0.3, 0.4) is 0 Å². The van der Waals surface area contributed by atoms with E-state index in [4.69, 9.17) is 5.11 Å². The Hall–Kier alpha value is -1.31. The molecule has 1 atom stereocenters. The van der Waals surface area contributed by atoms with E-state index in [9.17, 15) is 9.59 Å². The number of anilines is 1. The van der Waals surface area contributed by atoms with Gasteiger partial charge in [0.1, 0.15) is 6.04 Å². The molecular weight excluding hydrogens is 335 g/mol. The number of aliphatic carboxylic acids is 1. The normalized spacial score (nSPS) is 11.6. The minimum absolute atomic E-state index is 0.343. The highest BCUT2D eigenvalue weighted by Crippen LogP contribution is 2.10. The molecule has 6 heteroatoms. The van der Waals surface area contributed by atoms with Gasteiger partial charge < -0.3 is 15.7 Å². The van der Waals surface area contributed by atoms with Crippen molar-refractivity contribution in [1.29, 1.82) is 0 Å². The molecule has 2 amide bonds. The molecule has 0 bridgehead atoms. The summed E-state index contributed by atoms with van der Waals surface area (Å²) in [6.45, 7) is 1.70. The van der Waals surface area contributed by atoms with Crippen LogP contribution in [0.4, 0.5) is 10.5 Å². The maximum absolute atomic E-state index is 11.5. The number of carboxylic acid groups (broad SMARTS) is 1. The molecule has 0 aliphatic heterocycles. The quantitative estimate of drug-likeness (QED) is 0.731. The summed E-state index contributed by atoms with van der Waals surface area (Å²) >= 11 is 2.16. The number of hydrogen-bond donors (Lipinski definition) is 3. The largest absolute Gasteiger partial charge is 0.480 e. The lowest BCUT2D eigenvalue weighted by Gasteiger charge is -2.13. The molecule has 5 nitrogen and oxygen atoms in total. The zero-order valence-electron chi connectivity index (χ0n) is 9.24. The van der Waals surface area contributed by atoms with Gasteiger partial charge in [-0.25, -0.2) is 9.59 Å². The first kappa shape index (κ1) is 13.8. The lowest BCUT2D eigenvalue weighted by atomic mass is 10.2. The highest BCUT2D eigenvalue weighted by molar-refractivity contribution is 14.1. The van der Waals surface area contributed by atoms with Gasteiger partial charge in [0.2, 0.25) is 0 Å². The number of amides is 2. The summed E-state index contributed by atoms with van der Waals surface area (Å²) in [5, 5.41) is 13.7. The van der Waals surface area contributed by atoms with Gasteiger partial charge in [-0.05, 0) is 53.3 Å². The minimum atomic E-state index is -1.04. The van der Waals surface area contributed by atoms with Crippen LogP contribution in [0, 0.1) is 3.57 Å². The number of rotatable bonds is 4. The highest BCUT2D eigenvalue weighted by Gasteiger charge is 2.17. The standard InChI is InChI=1S/C11H13IN2O3/c1-2-9(10(15)16)14-11(17)13-8-5-3-7(12)4-6-8/h3-6,9H,2H2,1H3,(H,15,16)(H2,13,14,17). The lowest BCUT2D eigenvalue weighted by Crippen LogP contribution is -2.42. The van der Waals surface area contributed by atoms with Crippen molar-refractivity contribution in [2.45, 2.75) is 19.4 Å².